The molecule has 4 nitrogen and oxygen atoms in total. The minimum atomic E-state index is 0.172. The van der Waals surface area contributed by atoms with Gasteiger partial charge in [-0.2, -0.15) is 0 Å². The quantitative estimate of drug-likeness (QED) is 0.884. The van der Waals surface area contributed by atoms with Crippen molar-refractivity contribution in [1.29, 1.82) is 0 Å². The van der Waals surface area contributed by atoms with Gasteiger partial charge in [-0.25, -0.2) is 9.97 Å². The smallest absolute Gasteiger partial charge is 0.222 e. The first-order chi connectivity index (χ1) is 9.17. The normalized spacial score (nSPS) is 15.7. The van der Waals surface area contributed by atoms with Crippen LogP contribution in [-0.4, -0.2) is 16.5 Å². The topological polar surface area (TPSA) is 49.8 Å². The Morgan fingerprint density at radius 2 is 2.00 bits per heavy atom. The first-order valence-corrected chi connectivity index (χ1v) is 6.54. The van der Waals surface area contributed by atoms with E-state index in [-0.39, 0.29) is 5.41 Å². The van der Waals surface area contributed by atoms with Crippen LogP contribution in [-0.2, 0) is 12.0 Å². The molecule has 0 aliphatic carbocycles. The van der Waals surface area contributed by atoms with Gasteiger partial charge < -0.3 is 10.6 Å². The van der Waals surface area contributed by atoms with E-state index < -0.39 is 0 Å². The summed E-state index contributed by atoms with van der Waals surface area (Å²) in [6.07, 6.45) is 3.49. The molecule has 3 rings (SSSR count). The molecule has 1 aliphatic rings. The van der Waals surface area contributed by atoms with Crippen molar-refractivity contribution in [2.45, 2.75) is 25.8 Å². The summed E-state index contributed by atoms with van der Waals surface area (Å²) in [5.74, 6) is 0.670. The van der Waals surface area contributed by atoms with Gasteiger partial charge in [0.25, 0.3) is 0 Å². The van der Waals surface area contributed by atoms with E-state index >= 15 is 0 Å². The Hall–Kier alpha value is -2.10. The lowest BCUT2D eigenvalue weighted by Gasteiger charge is -2.21. The summed E-state index contributed by atoms with van der Waals surface area (Å²) in [6, 6.07) is 8.23. The maximum atomic E-state index is 4.19. The molecular formula is C15H18N4. The van der Waals surface area contributed by atoms with E-state index in [1.54, 1.807) is 12.4 Å². The van der Waals surface area contributed by atoms with E-state index in [4.69, 9.17) is 0 Å². The SMILES string of the molecule is CC1(C)CNc2cccc(CNc3ncccn3)c21. The van der Waals surface area contributed by atoms with Crippen LogP contribution in [0, 0.1) is 0 Å². The Morgan fingerprint density at radius 3 is 2.79 bits per heavy atom. The summed E-state index contributed by atoms with van der Waals surface area (Å²) in [5.41, 5.74) is 4.13. The molecule has 0 atom stereocenters. The zero-order valence-corrected chi connectivity index (χ0v) is 11.3. The Balaban J connectivity index is 1.85. The fraction of sp³-hybridized carbons (Fsp3) is 0.333. The number of nitrogens with one attached hydrogen (secondary N) is 2. The third-order valence-corrected chi connectivity index (χ3v) is 3.55. The summed E-state index contributed by atoms with van der Waals surface area (Å²) in [6.45, 7) is 6.28. The van der Waals surface area contributed by atoms with Crippen LogP contribution in [0.1, 0.15) is 25.0 Å². The van der Waals surface area contributed by atoms with Crippen LogP contribution >= 0.6 is 0 Å². The van der Waals surface area contributed by atoms with Gasteiger partial charge in [0.15, 0.2) is 0 Å². The molecule has 0 unspecified atom stereocenters. The van der Waals surface area contributed by atoms with Crippen molar-refractivity contribution in [2.24, 2.45) is 0 Å². The average molecular weight is 254 g/mol. The van der Waals surface area contributed by atoms with Crippen LogP contribution in [0.2, 0.25) is 0 Å². The van der Waals surface area contributed by atoms with Crippen LogP contribution in [0.3, 0.4) is 0 Å². The second-order valence-corrected chi connectivity index (χ2v) is 5.50. The predicted molar refractivity (Wildman–Crippen MR) is 77.3 cm³/mol. The number of aromatic nitrogens is 2. The number of hydrogen-bond donors (Lipinski definition) is 2. The second kappa shape index (κ2) is 4.53. The Labute approximate surface area is 113 Å². The molecule has 0 bridgehead atoms. The number of rotatable bonds is 3. The molecule has 19 heavy (non-hydrogen) atoms. The molecule has 2 N–H and O–H groups in total. The van der Waals surface area contributed by atoms with Crippen LogP contribution in [0.25, 0.3) is 0 Å². The highest BCUT2D eigenvalue weighted by Gasteiger charge is 2.31. The summed E-state index contributed by atoms with van der Waals surface area (Å²) in [5, 5.41) is 6.75. The molecule has 2 heterocycles. The molecule has 2 aromatic rings. The van der Waals surface area contributed by atoms with Crippen molar-refractivity contribution in [3.8, 4) is 0 Å². The average Bonchev–Trinajstić information content (AvgIpc) is 2.74. The molecule has 1 aromatic carbocycles. The van der Waals surface area contributed by atoms with Crippen molar-refractivity contribution in [1.82, 2.24) is 9.97 Å². The number of hydrogen-bond acceptors (Lipinski definition) is 4. The molecule has 0 saturated heterocycles. The lowest BCUT2D eigenvalue weighted by Crippen LogP contribution is -2.21. The minimum absolute atomic E-state index is 0.172. The zero-order chi connectivity index (χ0) is 13.3. The molecule has 0 spiro atoms. The van der Waals surface area contributed by atoms with Gasteiger partial charge in [-0.15, -0.1) is 0 Å². The lowest BCUT2D eigenvalue weighted by atomic mass is 9.84. The lowest BCUT2D eigenvalue weighted by molar-refractivity contribution is 0.581. The fourth-order valence-electron chi connectivity index (χ4n) is 2.66. The largest absolute Gasteiger partial charge is 0.384 e. The van der Waals surface area contributed by atoms with E-state index in [0.29, 0.717) is 5.95 Å². The monoisotopic (exact) mass is 254 g/mol. The van der Waals surface area contributed by atoms with E-state index in [2.05, 4.69) is 52.6 Å². The number of fused-ring (bicyclic) bond motifs is 1. The molecule has 0 amide bonds. The fourth-order valence-corrected chi connectivity index (χ4v) is 2.66. The molecule has 4 heteroatoms. The Bertz CT molecular complexity index is 578. The van der Waals surface area contributed by atoms with Crippen LogP contribution in [0.15, 0.2) is 36.7 Å². The van der Waals surface area contributed by atoms with E-state index in [9.17, 15) is 0 Å². The number of anilines is 2. The van der Waals surface area contributed by atoms with Gasteiger partial charge in [0.05, 0.1) is 0 Å². The van der Waals surface area contributed by atoms with E-state index in [0.717, 1.165) is 13.1 Å². The first kappa shape index (κ1) is 12.0. The van der Waals surface area contributed by atoms with E-state index in [1.165, 1.54) is 16.8 Å². The van der Waals surface area contributed by atoms with Crippen molar-refractivity contribution >= 4 is 11.6 Å². The van der Waals surface area contributed by atoms with Crippen LogP contribution < -0.4 is 10.6 Å². The summed E-state index contributed by atoms with van der Waals surface area (Å²) in [4.78, 5) is 8.37. The van der Waals surface area contributed by atoms with Crippen molar-refractivity contribution < 1.29 is 0 Å². The molecular weight excluding hydrogens is 236 g/mol. The Kier molecular flexibility index (Phi) is 2.85. The Morgan fingerprint density at radius 1 is 1.21 bits per heavy atom. The van der Waals surface area contributed by atoms with Gasteiger partial charge in [0, 0.05) is 36.6 Å². The highest BCUT2D eigenvalue weighted by atomic mass is 15.1. The summed E-state index contributed by atoms with van der Waals surface area (Å²) in [7, 11) is 0. The van der Waals surface area contributed by atoms with Crippen molar-refractivity contribution in [2.75, 3.05) is 17.2 Å². The standard InChI is InChI=1S/C15H18N4/c1-15(2)10-19-12-6-3-5-11(13(12)15)9-18-14-16-7-4-8-17-14/h3-8,19H,9-10H2,1-2H3,(H,16,17,18). The number of nitrogens with zero attached hydrogens (tertiary/aromatic N) is 2. The minimum Gasteiger partial charge on any atom is -0.384 e. The van der Waals surface area contributed by atoms with Gasteiger partial charge in [-0.3, -0.25) is 0 Å². The molecule has 98 valence electrons. The first-order valence-electron chi connectivity index (χ1n) is 6.54. The van der Waals surface area contributed by atoms with Gasteiger partial charge in [0.2, 0.25) is 5.95 Å². The molecule has 0 saturated carbocycles. The van der Waals surface area contributed by atoms with Crippen LogP contribution in [0.4, 0.5) is 11.6 Å². The third kappa shape index (κ3) is 2.26. The van der Waals surface area contributed by atoms with Gasteiger partial charge in [0.1, 0.15) is 0 Å². The molecule has 0 radical (unpaired) electrons. The predicted octanol–water partition coefficient (Wildman–Crippen LogP) is 2.79. The highest BCUT2D eigenvalue weighted by Crippen LogP contribution is 2.38. The van der Waals surface area contributed by atoms with E-state index in [1.807, 2.05) is 6.07 Å². The summed E-state index contributed by atoms with van der Waals surface area (Å²) >= 11 is 0. The van der Waals surface area contributed by atoms with Gasteiger partial charge >= 0.3 is 0 Å². The van der Waals surface area contributed by atoms with Gasteiger partial charge in [-0.05, 0) is 23.3 Å². The molecule has 1 aliphatic heterocycles. The third-order valence-electron chi connectivity index (χ3n) is 3.55. The van der Waals surface area contributed by atoms with Crippen LogP contribution in [0.5, 0.6) is 0 Å². The highest BCUT2D eigenvalue weighted by molar-refractivity contribution is 5.63. The maximum absolute atomic E-state index is 4.19. The molecule has 0 fully saturated rings. The van der Waals surface area contributed by atoms with Crippen molar-refractivity contribution in [3.05, 3.63) is 47.8 Å². The summed E-state index contributed by atoms with van der Waals surface area (Å²) < 4.78 is 0. The zero-order valence-electron chi connectivity index (χ0n) is 11.3. The van der Waals surface area contributed by atoms with Crippen molar-refractivity contribution in [3.63, 3.8) is 0 Å². The second-order valence-electron chi connectivity index (χ2n) is 5.50. The van der Waals surface area contributed by atoms with Gasteiger partial charge in [-0.1, -0.05) is 26.0 Å². The maximum Gasteiger partial charge on any atom is 0.222 e. The molecule has 1 aromatic heterocycles. The number of benzene rings is 1.